The molecule has 3 aromatic rings. The van der Waals surface area contributed by atoms with Crippen molar-refractivity contribution in [2.45, 2.75) is 23.9 Å². The molecule has 0 aliphatic heterocycles. The van der Waals surface area contributed by atoms with Gasteiger partial charge >= 0.3 is 0 Å². The van der Waals surface area contributed by atoms with Gasteiger partial charge in [0.25, 0.3) is 5.91 Å². The Morgan fingerprint density at radius 1 is 1.20 bits per heavy atom. The summed E-state index contributed by atoms with van der Waals surface area (Å²) in [5.74, 6) is 0.666. The standard InChI is InChI=1S/C19H17ClN2OS2/c1-12-3-8-17(16(20)9-12)22-18(23)15-6-4-14(5-7-15)11-25-19-21-13(2)10-24-19/h3-10H,11H2,1-2H3,(H,22,23). The van der Waals surface area contributed by atoms with Gasteiger partial charge < -0.3 is 5.32 Å². The van der Waals surface area contributed by atoms with E-state index in [0.29, 0.717) is 16.3 Å². The van der Waals surface area contributed by atoms with Crippen molar-refractivity contribution in [3.63, 3.8) is 0 Å². The van der Waals surface area contributed by atoms with Crippen LogP contribution in [-0.4, -0.2) is 10.9 Å². The van der Waals surface area contributed by atoms with Crippen LogP contribution in [0.4, 0.5) is 5.69 Å². The quantitative estimate of drug-likeness (QED) is 0.548. The maximum Gasteiger partial charge on any atom is 0.255 e. The third kappa shape index (κ3) is 4.84. The van der Waals surface area contributed by atoms with Crippen molar-refractivity contribution >= 4 is 46.3 Å². The molecule has 6 heteroatoms. The lowest BCUT2D eigenvalue weighted by atomic mass is 10.1. The highest BCUT2D eigenvalue weighted by atomic mass is 35.5. The Bertz CT molecular complexity index is 891. The third-order valence-electron chi connectivity index (χ3n) is 3.55. The zero-order valence-electron chi connectivity index (χ0n) is 13.9. The molecule has 25 heavy (non-hydrogen) atoms. The van der Waals surface area contributed by atoms with E-state index < -0.39 is 0 Å². The van der Waals surface area contributed by atoms with Crippen LogP contribution >= 0.6 is 34.7 Å². The molecule has 128 valence electrons. The molecule has 0 aliphatic carbocycles. The van der Waals surface area contributed by atoms with Crippen molar-refractivity contribution in [3.05, 3.63) is 75.3 Å². The first-order valence-corrected chi connectivity index (χ1v) is 9.97. The summed E-state index contributed by atoms with van der Waals surface area (Å²) in [5.41, 5.74) is 4.49. The summed E-state index contributed by atoms with van der Waals surface area (Å²) in [6.07, 6.45) is 0. The van der Waals surface area contributed by atoms with Crippen molar-refractivity contribution in [2.75, 3.05) is 5.32 Å². The van der Waals surface area contributed by atoms with E-state index in [1.54, 1.807) is 23.1 Å². The van der Waals surface area contributed by atoms with Gasteiger partial charge in [0.15, 0.2) is 0 Å². The number of aromatic nitrogens is 1. The van der Waals surface area contributed by atoms with E-state index >= 15 is 0 Å². The normalized spacial score (nSPS) is 10.7. The average molecular weight is 389 g/mol. The van der Waals surface area contributed by atoms with Crippen molar-refractivity contribution in [2.24, 2.45) is 0 Å². The van der Waals surface area contributed by atoms with Crippen LogP contribution < -0.4 is 5.32 Å². The number of hydrogen-bond acceptors (Lipinski definition) is 4. The molecular formula is C19H17ClN2OS2. The van der Waals surface area contributed by atoms with E-state index in [2.05, 4.69) is 10.3 Å². The molecule has 0 bridgehead atoms. The number of benzene rings is 2. The zero-order valence-corrected chi connectivity index (χ0v) is 16.3. The maximum absolute atomic E-state index is 12.4. The average Bonchev–Trinajstić information content (AvgIpc) is 3.01. The number of amides is 1. The Kier molecular flexibility index (Phi) is 5.78. The van der Waals surface area contributed by atoms with Crippen molar-refractivity contribution in [1.82, 2.24) is 4.98 Å². The molecule has 0 aliphatic rings. The fraction of sp³-hybridized carbons (Fsp3) is 0.158. The summed E-state index contributed by atoms with van der Waals surface area (Å²) in [4.78, 5) is 16.8. The van der Waals surface area contributed by atoms with Crippen molar-refractivity contribution in [1.29, 1.82) is 0 Å². The Morgan fingerprint density at radius 2 is 1.96 bits per heavy atom. The van der Waals surface area contributed by atoms with E-state index in [1.165, 1.54) is 0 Å². The molecule has 0 radical (unpaired) electrons. The molecule has 2 aromatic carbocycles. The molecule has 1 aromatic heterocycles. The van der Waals surface area contributed by atoms with Crippen LogP contribution in [0.15, 0.2) is 52.2 Å². The first-order valence-electron chi connectivity index (χ1n) is 7.72. The topological polar surface area (TPSA) is 42.0 Å². The van der Waals surface area contributed by atoms with Gasteiger partial charge in [0.05, 0.1) is 10.7 Å². The minimum atomic E-state index is -0.166. The summed E-state index contributed by atoms with van der Waals surface area (Å²) in [5, 5.41) is 5.44. The van der Waals surface area contributed by atoms with Gasteiger partial charge in [-0.15, -0.1) is 11.3 Å². The van der Waals surface area contributed by atoms with Gasteiger partial charge in [-0.3, -0.25) is 4.79 Å². The van der Waals surface area contributed by atoms with Crippen molar-refractivity contribution in [3.8, 4) is 0 Å². The van der Waals surface area contributed by atoms with Crippen molar-refractivity contribution < 1.29 is 4.79 Å². The minimum Gasteiger partial charge on any atom is -0.321 e. The SMILES string of the molecule is Cc1ccc(NC(=O)c2ccc(CSc3nc(C)cs3)cc2)c(Cl)c1. The van der Waals surface area contributed by atoms with Crippen LogP contribution in [0.5, 0.6) is 0 Å². The summed E-state index contributed by atoms with van der Waals surface area (Å²) in [6.45, 7) is 3.95. The Hall–Kier alpha value is -1.82. The minimum absolute atomic E-state index is 0.166. The second kappa shape index (κ2) is 8.04. The van der Waals surface area contributed by atoms with Gasteiger partial charge in [-0.1, -0.05) is 41.6 Å². The highest BCUT2D eigenvalue weighted by molar-refractivity contribution is 8.00. The number of nitrogens with one attached hydrogen (secondary N) is 1. The molecule has 3 rings (SSSR count). The molecule has 0 fully saturated rings. The molecule has 0 atom stereocenters. The van der Waals surface area contributed by atoms with Crippen LogP contribution in [0, 0.1) is 13.8 Å². The van der Waals surface area contributed by atoms with Crippen LogP contribution in [0.1, 0.15) is 27.2 Å². The predicted molar refractivity (Wildman–Crippen MR) is 107 cm³/mol. The van der Waals surface area contributed by atoms with Crippen LogP contribution in [0.2, 0.25) is 5.02 Å². The summed E-state index contributed by atoms with van der Waals surface area (Å²) < 4.78 is 1.06. The van der Waals surface area contributed by atoms with Gasteiger partial charge in [-0.25, -0.2) is 4.98 Å². The predicted octanol–water partition coefficient (Wildman–Crippen LogP) is 5.96. The Labute approximate surface area is 160 Å². The number of aryl methyl sites for hydroxylation is 2. The summed E-state index contributed by atoms with van der Waals surface area (Å²) >= 11 is 9.52. The highest BCUT2D eigenvalue weighted by Crippen LogP contribution is 2.26. The van der Waals surface area contributed by atoms with Crippen LogP contribution in [0.25, 0.3) is 0 Å². The fourth-order valence-corrected chi connectivity index (χ4v) is 4.30. The smallest absolute Gasteiger partial charge is 0.255 e. The number of hydrogen-bond donors (Lipinski definition) is 1. The zero-order chi connectivity index (χ0) is 17.8. The molecule has 0 saturated carbocycles. The lowest BCUT2D eigenvalue weighted by Gasteiger charge is -2.08. The van der Waals surface area contributed by atoms with E-state index in [-0.39, 0.29) is 5.91 Å². The first-order chi connectivity index (χ1) is 12.0. The molecule has 1 amide bonds. The second-order valence-electron chi connectivity index (χ2n) is 5.68. The molecule has 0 spiro atoms. The molecular weight excluding hydrogens is 372 g/mol. The van der Waals surface area contributed by atoms with E-state index in [0.717, 1.165) is 26.9 Å². The third-order valence-corrected chi connectivity index (χ3v) is 6.07. The summed E-state index contributed by atoms with van der Waals surface area (Å²) in [6, 6.07) is 13.2. The largest absolute Gasteiger partial charge is 0.321 e. The number of rotatable bonds is 5. The van der Waals surface area contributed by atoms with Gasteiger partial charge in [0.2, 0.25) is 0 Å². The first kappa shape index (κ1) is 18.0. The fourth-order valence-electron chi connectivity index (χ4n) is 2.21. The molecule has 1 heterocycles. The van der Waals surface area contributed by atoms with E-state index in [9.17, 15) is 4.79 Å². The number of nitrogens with zero attached hydrogens (tertiary/aromatic N) is 1. The van der Waals surface area contributed by atoms with Gasteiger partial charge in [-0.05, 0) is 49.2 Å². The van der Waals surface area contributed by atoms with E-state index in [1.807, 2.05) is 61.7 Å². The van der Waals surface area contributed by atoms with Gasteiger partial charge in [-0.2, -0.15) is 0 Å². The Morgan fingerprint density at radius 3 is 2.60 bits per heavy atom. The molecule has 3 nitrogen and oxygen atoms in total. The Balaban J connectivity index is 1.62. The second-order valence-corrected chi connectivity index (χ2v) is 8.17. The number of thiazole rings is 1. The maximum atomic E-state index is 12.4. The van der Waals surface area contributed by atoms with Crippen LogP contribution in [0.3, 0.4) is 0 Å². The number of carbonyl (C=O) groups is 1. The van der Waals surface area contributed by atoms with Gasteiger partial charge in [0, 0.05) is 22.4 Å². The molecule has 1 N–H and O–H groups in total. The summed E-state index contributed by atoms with van der Waals surface area (Å²) in [7, 11) is 0. The lowest BCUT2D eigenvalue weighted by Crippen LogP contribution is -2.12. The van der Waals surface area contributed by atoms with Gasteiger partial charge in [0.1, 0.15) is 4.34 Å². The molecule has 0 saturated heterocycles. The number of anilines is 1. The number of halogens is 1. The highest BCUT2D eigenvalue weighted by Gasteiger charge is 2.09. The van der Waals surface area contributed by atoms with Crippen LogP contribution in [-0.2, 0) is 5.75 Å². The number of carbonyl (C=O) groups excluding carboxylic acids is 1. The lowest BCUT2D eigenvalue weighted by molar-refractivity contribution is 0.102. The van der Waals surface area contributed by atoms with E-state index in [4.69, 9.17) is 11.6 Å². The number of thioether (sulfide) groups is 1. The molecule has 0 unspecified atom stereocenters. The monoisotopic (exact) mass is 388 g/mol.